The number of para-hydroxylation sites is 1. The van der Waals surface area contributed by atoms with Crippen molar-refractivity contribution in [3.05, 3.63) is 35.9 Å². The maximum atomic E-state index is 12.3. The lowest BCUT2D eigenvalue weighted by molar-refractivity contribution is 0.282. The number of nitrogens with zero attached hydrogens (tertiary/aromatic N) is 2. The van der Waals surface area contributed by atoms with E-state index < -0.39 is 10.0 Å². The third kappa shape index (κ3) is 4.34. The number of hydrogen-bond acceptors (Lipinski definition) is 5. The van der Waals surface area contributed by atoms with Gasteiger partial charge in [-0.25, -0.2) is 17.7 Å². The summed E-state index contributed by atoms with van der Waals surface area (Å²) in [6.07, 6.45) is 2.44. The Bertz CT molecular complexity index is 854. The molecular formula is C19H27N3O3S. The van der Waals surface area contributed by atoms with Gasteiger partial charge in [0.2, 0.25) is 10.0 Å². The highest BCUT2D eigenvalue weighted by Crippen LogP contribution is 2.24. The number of aromatic nitrogens is 1. The maximum Gasteiger partial charge on any atom is 0.214 e. The smallest absolute Gasteiger partial charge is 0.214 e. The van der Waals surface area contributed by atoms with Gasteiger partial charge < -0.3 is 10.4 Å². The molecule has 0 aliphatic carbocycles. The van der Waals surface area contributed by atoms with Gasteiger partial charge in [-0.3, -0.25) is 0 Å². The van der Waals surface area contributed by atoms with Crippen molar-refractivity contribution >= 4 is 26.7 Å². The number of benzene rings is 1. The van der Waals surface area contributed by atoms with Gasteiger partial charge in [-0.1, -0.05) is 31.5 Å². The van der Waals surface area contributed by atoms with Gasteiger partial charge in [0.15, 0.2) is 0 Å². The second-order valence-electron chi connectivity index (χ2n) is 6.91. The Hall–Kier alpha value is -1.70. The van der Waals surface area contributed by atoms with Crippen molar-refractivity contribution in [1.82, 2.24) is 9.29 Å². The Morgan fingerprint density at radius 3 is 2.92 bits per heavy atom. The summed E-state index contributed by atoms with van der Waals surface area (Å²) >= 11 is 0. The molecule has 3 rings (SSSR count). The van der Waals surface area contributed by atoms with Crippen molar-refractivity contribution in [3.63, 3.8) is 0 Å². The molecule has 26 heavy (non-hydrogen) atoms. The van der Waals surface area contributed by atoms with Crippen molar-refractivity contribution < 1.29 is 13.5 Å². The quantitative estimate of drug-likeness (QED) is 0.739. The van der Waals surface area contributed by atoms with E-state index in [4.69, 9.17) is 0 Å². The first-order valence-corrected chi connectivity index (χ1v) is 10.9. The molecule has 1 fully saturated rings. The van der Waals surface area contributed by atoms with Crippen LogP contribution < -0.4 is 5.32 Å². The lowest BCUT2D eigenvalue weighted by Crippen LogP contribution is -2.31. The average Bonchev–Trinajstić information content (AvgIpc) is 3.14. The van der Waals surface area contributed by atoms with Crippen LogP contribution in [-0.2, 0) is 16.6 Å². The molecule has 1 aromatic heterocycles. The fourth-order valence-corrected chi connectivity index (χ4v) is 5.08. The summed E-state index contributed by atoms with van der Waals surface area (Å²) in [5.41, 5.74) is 1.64. The summed E-state index contributed by atoms with van der Waals surface area (Å²) in [5.74, 6) is 1.18. The van der Waals surface area contributed by atoms with Gasteiger partial charge in [0, 0.05) is 30.6 Å². The minimum Gasteiger partial charge on any atom is -0.392 e. The fraction of sp³-hybridized carbons (Fsp3) is 0.526. The normalized spacial score (nSPS) is 18.5. The molecule has 0 saturated carbocycles. The lowest BCUT2D eigenvalue weighted by atomic mass is 10.1. The summed E-state index contributed by atoms with van der Waals surface area (Å²) in [4.78, 5) is 4.61. The predicted octanol–water partition coefficient (Wildman–Crippen LogP) is 2.59. The molecule has 1 aliphatic rings. The summed E-state index contributed by atoms with van der Waals surface area (Å²) < 4.78 is 26.3. The average molecular weight is 378 g/mol. The van der Waals surface area contributed by atoms with Crippen LogP contribution in [0.4, 0.5) is 5.82 Å². The largest absolute Gasteiger partial charge is 0.392 e. The van der Waals surface area contributed by atoms with Gasteiger partial charge in [0.25, 0.3) is 0 Å². The van der Waals surface area contributed by atoms with Gasteiger partial charge >= 0.3 is 0 Å². The number of anilines is 1. The van der Waals surface area contributed by atoms with Crippen LogP contribution in [-0.4, -0.2) is 48.2 Å². The molecule has 2 N–H and O–H groups in total. The third-order valence-corrected chi connectivity index (χ3v) is 6.85. The minimum absolute atomic E-state index is 0.0810. The fourth-order valence-electron chi connectivity index (χ4n) is 3.35. The first-order chi connectivity index (χ1) is 12.5. The second-order valence-corrected chi connectivity index (χ2v) is 9.00. The van der Waals surface area contributed by atoms with E-state index in [9.17, 15) is 13.5 Å². The number of nitrogens with one attached hydrogen (secondary N) is 1. The molecule has 1 aliphatic heterocycles. The van der Waals surface area contributed by atoms with Crippen LogP contribution in [0.1, 0.15) is 31.7 Å². The number of sulfonamides is 1. The molecule has 0 radical (unpaired) electrons. The number of aliphatic hydroxyl groups excluding tert-OH is 1. The molecule has 6 nitrogen and oxygen atoms in total. The van der Waals surface area contributed by atoms with Crippen molar-refractivity contribution in [3.8, 4) is 0 Å². The summed E-state index contributed by atoms with van der Waals surface area (Å²) in [7, 11) is -3.13. The van der Waals surface area contributed by atoms with E-state index >= 15 is 0 Å². The van der Waals surface area contributed by atoms with Gasteiger partial charge in [0.05, 0.1) is 17.9 Å². The number of aliphatic hydroxyl groups is 1. The van der Waals surface area contributed by atoms with Crippen molar-refractivity contribution in [2.24, 2.45) is 5.92 Å². The van der Waals surface area contributed by atoms with Gasteiger partial charge in [-0.15, -0.1) is 0 Å². The summed E-state index contributed by atoms with van der Waals surface area (Å²) in [6, 6.07) is 9.75. The number of fused-ring (bicyclic) bond motifs is 1. The Morgan fingerprint density at radius 1 is 1.35 bits per heavy atom. The Balaban J connectivity index is 1.64. The molecule has 2 aromatic rings. The minimum atomic E-state index is -3.13. The van der Waals surface area contributed by atoms with Gasteiger partial charge in [-0.2, -0.15) is 0 Å². The molecule has 1 saturated heterocycles. The third-order valence-electron chi connectivity index (χ3n) is 4.93. The van der Waals surface area contributed by atoms with Gasteiger partial charge in [-0.05, 0) is 30.9 Å². The number of unbranched alkanes of at least 4 members (excludes halogenated alkanes) is 1. The Morgan fingerprint density at radius 2 is 2.15 bits per heavy atom. The van der Waals surface area contributed by atoms with Crippen molar-refractivity contribution in [1.29, 1.82) is 0 Å². The highest BCUT2D eigenvalue weighted by molar-refractivity contribution is 7.89. The molecule has 1 atom stereocenters. The molecule has 0 bridgehead atoms. The van der Waals surface area contributed by atoms with Crippen molar-refractivity contribution in [2.45, 2.75) is 32.8 Å². The van der Waals surface area contributed by atoms with Crippen LogP contribution in [0.5, 0.6) is 0 Å². The molecule has 1 unspecified atom stereocenters. The van der Waals surface area contributed by atoms with Crippen LogP contribution in [0.3, 0.4) is 0 Å². The second kappa shape index (κ2) is 8.33. The topological polar surface area (TPSA) is 82.5 Å². The molecule has 0 spiro atoms. The maximum absolute atomic E-state index is 12.3. The standard InChI is InChI=1S/C19H27N3O3S/c1-2-3-10-26(24,25)22-9-8-15(13-22)12-20-19-17(14-23)11-16-6-4-5-7-18(16)21-19/h4-7,11,15,23H,2-3,8-10,12-14H2,1H3,(H,20,21). The van der Waals surface area contributed by atoms with E-state index in [0.717, 1.165) is 29.3 Å². The number of rotatable bonds is 8. The van der Waals surface area contributed by atoms with E-state index in [-0.39, 0.29) is 18.3 Å². The Labute approximate surface area is 155 Å². The van der Waals surface area contributed by atoms with Crippen LogP contribution in [0.25, 0.3) is 10.9 Å². The van der Waals surface area contributed by atoms with E-state index in [2.05, 4.69) is 10.3 Å². The zero-order valence-corrected chi connectivity index (χ0v) is 16.0. The summed E-state index contributed by atoms with van der Waals surface area (Å²) in [5, 5.41) is 14.0. The molecule has 1 aromatic carbocycles. The van der Waals surface area contributed by atoms with Crippen LogP contribution >= 0.6 is 0 Å². The Kier molecular flexibility index (Phi) is 6.11. The molecular weight excluding hydrogens is 350 g/mol. The van der Waals surface area contributed by atoms with Gasteiger partial charge in [0.1, 0.15) is 5.82 Å². The molecule has 7 heteroatoms. The van der Waals surface area contributed by atoms with E-state index in [0.29, 0.717) is 31.9 Å². The monoisotopic (exact) mass is 377 g/mol. The van der Waals surface area contributed by atoms with E-state index in [1.165, 1.54) is 0 Å². The van der Waals surface area contributed by atoms with Crippen molar-refractivity contribution in [2.75, 3.05) is 30.7 Å². The first kappa shape index (κ1) is 19.1. The van der Waals surface area contributed by atoms with Crippen LogP contribution in [0, 0.1) is 5.92 Å². The number of pyridine rings is 1. The number of hydrogen-bond donors (Lipinski definition) is 2. The molecule has 142 valence electrons. The highest BCUT2D eigenvalue weighted by atomic mass is 32.2. The first-order valence-electron chi connectivity index (χ1n) is 9.24. The zero-order chi connectivity index (χ0) is 18.6. The highest BCUT2D eigenvalue weighted by Gasteiger charge is 2.30. The zero-order valence-electron chi connectivity index (χ0n) is 15.2. The predicted molar refractivity (Wildman–Crippen MR) is 105 cm³/mol. The van der Waals surface area contributed by atoms with Crippen LogP contribution in [0.15, 0.2) is 30.3 Å². The molecule has 2 heterocycles. The molecule has 0 amide bonds. The van der Waals surface area contributed by atoms with Crippen LogP contribution in [0.2, 0.25) is 0 Å². The summed E-state index contributed by atoms with van der Waals surface area (Å²) in [6.45, 7) is 3.72. The SMILES string of the molecule is CCCCS(=O)(=O)N1CCC(CNc2nc3ccccc3cc2CO)C1. The van der Waals surface area contributed by atoms with E-state index in [1.54, 1.807) is 4.31 Å². The van der Waals surface area contributed by atoms with E-state index in [1.807, 2.05) is 37.3 Å². The lowest BCUT2D eigenvalue weighted by Gasteiger charge is -2.17.